The third kappa shape index (κ3) is 2.08. The fourth-order valence-electron chi connectivity index (χ4n) is 3.88. The summed E-state index contributed by atoms with van der Waals surface area (Å²) in [5, 5.41) is 3.71. The maximum Gasteiger partial charge on any atom is 0.145 e. The molecule has 26 heavy (non-hydrogen) atoms. The predicted octanol–water partition coefficient (Wildman–Crippen LogP) is 5.97. The lowest BCUT2D eigenvalue weighted by Crippen LogP contribution is -2.19. The molecule has 2 nitrogen and oxygen atoms in total. The van der Waals surface area contributed by atoms with E-state index in [1.165, 1.54) is 27.2 Å². The summed E-state index contributed by atoms with van der Waals surface area (Å²) in [6.45, 7) is 4.49. The predicted molar refractivity (Wildman–Crippen MR) is 109 cm³/mol. The second kappa shape index (κ2) is 5.43. The summed E-state index contributed by atoms with van der Waals surface area (Å²) in [7, 11) is 0. The lowest BCUT2D eigenvalue weighted by atomic mass is 9.82. The van der Waals surface area contributed by atoms with E-state index < -0.39 is 0 Å². The van der Waals surface area contributed by atoms with Gasteiger partial charge in [0, 0.05) is 22.4 Å². The number of aromatic nitrogens is 2. The van der Waals surface area contributed by atoms with Crippen LogP contribution >= 0.6 is 0 Å². The molecule has 0 aliphatic rings. The zero-order chi connectivity index (χ0) is 17.7. The van der Waals surface area contributed by atoms with E-state index >= 15 is 0 Å². The Morgan fingerprint density at radius 3 is 2.08 bits per heavy atom. The van der Waals surface area contributed by atoms with Gasteiger partial charge in [-0.25, -0.2) is 4.98 Å². The summed E-state index contributed by atoms with van der Waals surface area (Å²) in [5.74, 6) is 0. The Kier molecular flexibility index (Phi) is 3.17. The lowest BCUT2D eigenvalue weighted by molar-refractivity contribution is 0.622. The lowest BCUT2D eigenvalue weighted by Gasteiger charge is -2.22. The van der Waals surface area contributed by atoms with E-state index in [9.17, 15) is 0 Å². The van der Waals surface area contributed by atoms with E-state index in [-0.39, 0.29) is 5.41 Å². The molecule has 0 unspecified atom stereocenters. The van der Waals surface area contributed by atoms with Crippen molar-refractivity contribution in [2.24, 2.45) is 0 Å². The van der Waals surface area contributed by atoms with Crippen LogP contribution in [0.2, 0.25) is 0 Å². The van der Waals surface area contributed by atoms with Crippen LogP contribution in [0.25, 0.3) is 27.3 Å². The zero-order valence-electron chi connectivity index (χ0n) is 15.0. The van der Waals surface area contributed by atoms with Crippen LogP contribution in [0.1, 0.15) is 25.1 Å². The van der Waals surface area contributed by atoms with Gasteiger partial charge in [0.05, 0.1) is 11.2 Å². The number of para-hydroxylation sites is 1. The van der Waals surface area contributed by atoms with Crippen LogP contribution in [0.15, 0.2) is 85.1 Å². The number of nitrogens with zero attached hydrogens (tertiary/aromatic N) is 2. The molecule has 0 fully saturated rings. The Bertz CT molecular complexity index is 1170. The highest BCUT2D eigenvalue weighted by atomic mass is 15.0. The van der Waals surface area contributed by atoms with Gasteiger partial charge in [0.1, 0.15) is 5.65 Å². The molecule has 126 valence electrons. The molecule has 5 rings (SSSR count). The van der Waals surface area contributed by atoms with Crippen LogP contribution in [0.4, 0.5) is 0 Å². The fraction of sp³-hybridized carbons (Fsp3) is 0.125. The average molecular weight is 336 g/mol. The Morgan fingerprint density at radius 2 is 1.31 bits per heavy atom. The van der Waals surface area contributed by atoms with E-state index in [1.54, 1.807) is 0 Å². The van der Waals surface area contributed by atoms with Gasteiger partial charge in [-0.1, -0.05) is 86.6 Å². The van der Waals surface area contributed by atoms with Gasteiger partial charge in [-0.15, -0.1) is 0 Å². The van der Waals surface area contributed by atoms with Gasteiger partial charge in [0.25, 0.3) is 0 Å². The molecule has 0 saturated carbocycles. The Hall–Kier alpha value is -3.13. The number of hydrogen-bond donors (Lipinski definition) is 0. The zero-order valence-corrected chi connectivity index (χ0v) is 15.0. The van der Waals surface area contributed by atoms with Crippen molar-refractivity contribution in [3.05, 3.63) is 96.3 Å². The minimum absolute atomic E-state index is 0.157. The molecule has 3 aromatic carbocycles. The maximum atomic E-state index is 5.10. The molecular weight excluding hydrogens is 316 g/mol. The summed E-state index contributed by atoms with van der Waals surface area (Å²) in [4.78, 5) is 5.10. The summed E-state index contributed by atoms with van der Waals surface area (Å²) >= 11 is 0. The Labute approximate surface area is 152 Å². The summed E-state index contributed by atoms with van der Waals surface area (Å²) in [6.07, 6.45) is 2.21. The van der Waals surface area contributed by atoms with Crippen molar-refractivity contribution < 1.29 is 0 Å². The average Bonchev–Trinajstić information content (AvgIpc) is 3.16. The van der Waals surface area contributed by atoms with Gasteiger partial charge < -0.3 is 0 Å². The third-order valence-corrected chi connectivity index (χ3v) is 5.46. The van der Waals surface area contributed by atoms with Gasteiger partial charge in [-0.2, -0.15) is 0 Å². The highest BCUT2D eigenvalue weighted by Gasteiger charge is 2.26. The molecule has 5 aromatic rings. The molecule has 2 heteroatoms. The van der Waals surface area contributed by atoms with Crippen molar-refractivity contribution in [2.75, 3.05) is 0 Å². The summed E-state index contributed by atoms with van der Waals surface area (Å²) < 4.78 is 2.25. The molecule has 0 N–H and O–H groups in total. The van der Waals surface area contributed by atoms with E-state index in [0.717, 1.165) is 11.3 Å². The first kappa shape index (κ1) is 15.2. The van der Waals surface area contributed by atoms with Crippen molar-refractivity contribution in [3.8, 4) is 0 Å². The van der Waals surface area contributed by atoms with Crippen molar-refractivity contribution in [2.45, 2.75) is 19.3 Å². The summed E-state index contributed by atoms with van der Waals surface area (Å²) in [6, 6.07) is 27.7. The monoisotopic (exact) mass is 336 g/mol. The Balaban J connectivity index is 1.89. The van der Waals surface area contributed by atoms with E-state index in [4.69, 9.17) is 4.98 Å². The van der Waals surface area contributed by atoms with Gasteiger partial charge in [0.15, 0.2) is 0 Å². The first-order valence-corrected chi connectivity index (χ1v) is 9.01. The van der Waals surface area contributed by atoms with Gasteiger partial charge in [-0.05, 0) is 17.0 Å². The van der Waals surface area contributed by atoms with Gasteiger partial charge in [-0.3, -0.25) is 4.40 Å². The SMILES string of the molecule is CC(C)(c1ccccc1)c1cn2c3ccccc3c3ccccc3c2n1. The molecule has 0 aliphatic carbocycles. The topological polar surface area (TPSA) is 17.3 Å². The number of benzene rings is 3. The minimum Gasteiger partial charge on any atom is -0.299 e. The second-order valence-electron chi connectivity index (χ2n) is 7.37. The van der Waals surface area contributed by atoms with Crippen molar-refractivity contribution >= 4 is 27.3 Å². The molecule has 0 spiro atoms. The first-order valence-electron chi connectivity index (χ1n) is 9.01. The summed E-state index contributed by atoms with van der Waals surface area (Å²) in [5.41, 5.74) is 4.43. The Morgan fingerprint density at radius 1 is 0.692 bits per heavy atom. The van der Waals surface area contributed by atoms with Crippen LogP contribution in [0, 0.1) is 0 Å². The molecule has 2 aromatic heterocycles. The van der Waals surface area contributed by atoms with E-state index in [2.05, 4.69) is 103 Å². The smallest absolute Gasteiger partial charge is 0.145 e. The first-order chi connectivity index (χ1) is 12.7. The highest BCUT2D eigenvalue weighted by Crippen LogP contribution is 2.34. The number of hydrogen-bond acceptors (Lipinski definition) is 1. The highest BCUT2D eigenvalue weighted by molar-refractivity contribution is 6.11. The molecule has 0 amide bonds. The fourth-order valence-corrected chi connectivity index (χ4v) is 3.88. The number of imidazole rings is 1. The quantitative estimate of drug-likeness (QED) is 0.363. The maximum absolute atomic E-state index is 5.10. The minimum atomic E-state index is -0.157. The standard InChI is InChI=1S/C24H20N2/c1-24(2,17-10-4-3-5-11-17)22-16-26-21-15-9-8-13-19(21)18-12-6-7-14-20(18)23(26)25-22/h3-16H,1-2H3. The normalized spacial score (nSPS) is 12.2. The molecule has 0 bridgehead atoms. The largest absolute Gasteiger partial charge is 0.299 e. The molecule has 0 saturated heterocycles. The van der Waals surface area contributed by atoms with Crippen LogP contribution < -0.4 is 0 Å². The second-order valence-corrected chi connectivity index (χ2v) is 7.37. The molecule has 0 radical (unpaired) electrons. The van der Waals surface area contributed by atoms with Crippen molar-refractivity contribution in [3.63, 3.8) is 0 Å². The third-order valence-electron chi connectivity index (χ3n) is 5.46. The van der Waals surface area contributed by atoms with Gasteiger partial charge >= 0.3 is 0 Å². The number of pyridine rings is 1. The van der Waals surface area contributed by atoms with Crippen molar-refractivity contribution in [1.29, 1.82) is 0 Å². The molecule has 0 atom stereocenters. The molecule has 2 heterocycles. The molecule has 0 aliphatic heterocycles. The number of rotatable bonds is 2. The van der Waals surface area contributed by atoms with Crippen LogP contribution in [-0.2, 0) is 5.41 Å². The van der Waals surface area contributed by atoms with Crippen LogP contribution in [-0.4, -0.2) is 9.38 Å². The van der Waals surface area contributed by atoms with Crippen molar-refractivity contribution in [1.82, 2.24) is 9.38 Å². The van der Waals surface area contributed by atoms with E-state index in [1.807, 2.05) is 0 Å². The number of fused-ring (bicyclic) bond motifs is 6. The van der Waals surface area contributed by atoms with Crippen LogP contribution in [0.5, 0.6) is 0 Å². The van der Waals surface area contributed by atoms with Gasteiger partial charge in [0.2, 0.25) is 0 Å². The van der Waals surface area contributed by atoms with Crippen LogP contribution in [0.3, 0.4) is 0 Å². The van der Waals surface area contributed by atoms with E-state index in [0.29, 0.717) is 0 Å². The molecular formula is C24H20N2.